The maximum Gasteiger partial charge on any atom is 0.338 e. The van der Waals surface area contributed by atoms with Crippen LogP contribution in [0, 0.1) is 0 Å². The standard InChI is InChI=1S/C10H15NO4S/c1-11-4-7(12)9(13)8-3-6(5-16-8)10(14)15-2/h3,5,7,9,11-13H,4H2,1-2H3. The molecular weight excluding hydrogens is 230 g/mol. The van der Waals surface area contributed by atoms with E-state index < -0.39 is 18.2 Å². The highest BCUT2D eigenvalue weighted by Gasteiger charge is 2.20. The van der Waals surface area contributed by atoms with E-state index in [0.717, 1.165) is 0 Å². The van der Waals surface area contributed by atoms with Crippen molar-refractivity contribution in [2.75, 3.05) is 20.7 Å². The predicted octanol–water partition coefficient (Wildman–Crippen LogP) is 0.148. The number of hydrogen-bond donors (Lipinski definition) is 3. The molecule has 2 unspecified atom stereocenters. The molecule has 90 valence electrons. The number of aliphatic hydroxyl groups excluding tert-OH is 2. The molecule has 0 aliphatic heterocycles. The van der Waals surface area contributed by atoms with Crippen LogP contribution < -0.4 is 5.32 Å². The highest BCUT2D eigenvalue weighted by Crippen LogP contribution is 2.24. The van der Waals surface area contributed by atoms with Crippen LogP contribution in [-0.4, -0.2) is 43.0 Å². The number of methoxy groups -OCH3 is 1. The minimum atomic E-state index is -0.990. The molecule has 1 heterocycles. The quantitative estimate of drug-likeness (QED) is 0.643. The molecule has 6 heteroatoms. The van der Waals surface area contributed by atoms with Crippen LogP contribution in [-0.2, 0) is 4.74 Å². The molecule has 0 saturated heterocycles. The van der Waals surface area contributed by atoms with Gasteiger partial charge in [-0.2, -0.15) is 0 Å². The Morgan fingerprint density at radius 2 is 2.31 bits per heavy atom. The van der Waals surface area contributed by atoms with E-state index >= 15 is 0 Å². The number of esters is 1. The van der Waals surface area contributed by atoms with E-state index in [0.29, 0.717) is 10.4 Å². The molecule has 0 fully saturated rings. The number of likely N-dealkylation sites (N-methyl/N-ethyl adjacent to an activating group) is 1. The maximum atomic E-state index is 11.2. The van der Waals surface area contributed by atoms with Crippen molar-refractivity contribution in [1.82, 2.24) is 5.32 Å². The van der Waals surface area contributed by atoms with E-state index in [-0.39, 0.29) is 6.54 Å². The van der Waals surface area contributed by atoms with Gasteiger partial charge < -0.3 is 20.3 Å². The predicted molar refractivity (Wildman–Crippen MR) is 60.6 cm³/mol. The van der Waals surface area contributed by atoms with Crippen molar-refractivity contribution < 1.29 is 19.7 Å². The molecule has 1 aromatic rings. The van der Waals surface area contributed by atoms with Crippen molar-refractivity contribution in [3.05, 3.63) is 21.9 Å². The molecule has 1 rings (SSSR count). The Morgan fingerprint density at radius 3 is 2.88 bits per heavy atom. The normalized spacial score (nSPS) is 14.5. The van der Waals surface area contributed by atoms with Gasteiger partial charge in [-0.3, -0.25) is 0 Å². The topological polar surface area (TPSA) is 78.8 Å². The van der Waals surface area contributed by atoms with E-state index in [1.807, 2.05) is 0 Å². The number of ether oxygens (including phenoxy) is 1. The van der Waals surface area contributed by atoms with Gasteiger partial charge in [0.15, 0.2) is 0 Å². The Labute approximate surface area is 97.7 Å². The molecule has 3 N–H and O–H groups in total. The zero-order chi connectivity index (χ0) is 12.1. The summed E-state index contributed by atoms with van der Waals surface area (Å²) in [6, 6.07) is 1.53. The number of nitrogens with one attached hydrogen (secondary N) is 1. The molecule has 0 spiro atoms. The van der Waals surface area contributed by atoms with Crippen molar-refractivity contribution in [2.24, 2.45) is 0 Å². The average Bonchev–Trinajstić information content (AvgIpc) is 2.76. The summed E-state index contributed by atoms with van der Waals surface area (Å²) >= 11 is 1.22. The minimum Gasteiger partial charge on any atom is -0.465 e. The van der Waals surface area contributed by atoms with Crippen molar-refractivity contribution in [3.63, 3.8) is 0 Å². The number of carbonyl (C=O) groups is 1. The molecule has 0 aliphatic carbocycles. The van der Waals surface area contributed by atoms with E-state index in [4.69, 9.17) is 0 Å². The fourth-order valence-corrected chi connectivity index (χ4v) is 2.16. The van der Waals surface area contributed by atoms with Crippen LogP contribution in [0.3, 0.4) is 0 Å². The summed E-state index contributed by atoms with van der Waals surface area (Å²) in [6.45, 7) is 0.284. The Hall–Kier alpha value is -0.950. The number of thiophene rings is 1. The lowest BCUT2D eigenvalue weighted by Gasteiger charge is -2.15. The first kappa shape index (κ1) is 13.1. The first-order chi connectivity index (χ1) is 7.60. The van der Waals surface area contributed by atoms with Gasteiger partial charge in [-0.1, -0.05) is 0 Å². The van der Waals surface area contributed by atoms with Crippen LogP contribution in [0.1, 0.15) is 21.3 Å². The van der Waals surface area contributed by atoms with E-state index in [9.17, 15) is 15.0 Å². The highest BCUT2D eigenvalue weighted by atomic mass is 32.1. The summed E-state index contributed by atoms with van der Waals surface area (Å²) in [6.07, 6.45) is -1.88. The van der Waals surface area contributed by atoms with Gasteiger partial charge in [0.25, 0.3) is 0 Å². The largest absolute Gasteiger partial charge is 0.465 e. The van der Waals surface area contributed by atoms with Crippen LogP contribution in [0.25, 0.3) is 0 Å². The van der Waals surface area contributed by atoms with Gasteiger partial charge >= 0.3 is 5.97 Å². The van der Waals surface area contributed by atoms with Crippen LogP contribution in [0.5, 0.6) is 0 Å². The third-order valence-corrected chi connectivity index (χ3v) is 3.11. The van der Waals surface area contributed by atoms with Gasteiger partial charge in [0.2, 0.25) is 0 Å². The van der Waals surface area contributed by atoms with Gasteiger partial charge in [0.05, 0.1) is 18.8 Å². The fourth-order valence-electron chi connectivity index (χ4n) is 1.24. The second kappa shape index (κ2) is 5.95. The van der Waals surface area contributed by atoms with Crippen LogP contribution in [0.4, 0.5) is 0 Å². The van der Waals surface area contributed by atoms with Gasteiger partial charge in [-0.05, 0) is 13.1 Å². The second-order valence-electron chi connectivity index (χ2n) is 3.30. The van der Waals surface area contributed by atoms with E-state index in [1.54, 1.807) is 12.4 Å². The van der Waals surface area contributed by atoms with E-state index in [1.165, 1.54) is 24.5 Å². The number of aliphatic hydroxyl groups is 2. The van der Waals surface area contributed by atoms with Crippen LogP contribution in [0.15, 0.2) is 11.4 Å². The number of carbonyl (C=O) groups excluding carboxylic acids is 1. The lowest BCUT2D eigenvalue weighted by molar-refractivity contribution is 0.0223. The van der Waals surface area contributed by atoms with Gasteiger partial charge in [-0.15, -0.1) is 11.3 Å². The lowest BCUT2D eigenvalue weighted by atomic mass is 10.1. The Morgan fingerprint density at radius 1 is 1.62 bits per heavy atom. The smallest absolute Gasteiger partial charge is 0.338 e. The SMILES string of the molecule is CNCC(O)C(O)c1cc(C(=O)OC)cs1. The molecule has 0 aromatic carbocycles. The molecule has 2 atom stereocenters. The molecule has 16 heavy (non-hydrogen) atoms. The summed E-state index contributed by atoms with van der Waals surface area (Å²) in [7, 11) is 2.98. The molecule has 0 bridgehead atoms. The van der Waals surface area contributed by atoms with Crippen LogP contribution in [0.2, 0.25) is 0 Å². The molecule has 0 radical (unpaired) electrons. The van der Waals surface area contributed by atoms with Gasteiger partial charge in [-0.25, -0.2) is 4.79 Å². The fraction of sp³-hybridized carbons (Fsp3) is 0.500. The maximum absolute atomic E-state index is 11.2. The zero-order valence-electron chi connectivity index (χ0n) is 9.14. The summed E-state index contributed by atoms with van der Waals surface area (Å²) in [4.78, 5) is 11.7. The minimum absolute atomic E-state index is 0.284. The van der Waals surface area contributed by atoms with Crippen molar-refractivity contribution in [3.8, 4) is 0 Å². The summed E-state index contributed by atoms with van der Waals surface area (Å²) < 4.78 is 4.55. The molecule has 1 aromatic heterocycles. The monoisotopic (exact) mass is 245 g/mol. The Balaban J connectivity index is 2.73. The summed E-state index contributed by atoms with van der Waals surface area (Å²) in [5.41, 5.74) is 0.387. The first-order valence-corrected chi connectivity index (χ1v) is 5.65. The summed E-state index contributed by atoms with van der Waals surface area (Å²) in [5.74, 6) is -0.446. The lowest BCUT2D eigenvalue weighted by Crippen LogP contribution is -2.29. The molecule has 0 aliphatic rings. The van der Waals surface area contributed by atoms with Crippen molar-refractivity contribution in [2.45, 2.75) is 12.2 Å². The van der Waals surface area contributed by atoms with Gasteiger partial charge in [0, 0.05) is 16.8 Å². The van der Waals surface area contributed by atoms with Gasteiger partial charge in [0.1, 0.15) is 6.10 Å². The number of hydrogen-bond acceptors (Lipinski definition) is 6. The Kier molecular flexibility index (Phi) is 4.88. The summed E-state index contributed by atoms with van der Waals surface area (Å²) in [5, 5.41) is 23.7. The average molecular weight is 245 g/mol. The molecule has 0 saturated carbocycles. The zero-order valence-corrected chi connectivity index (χ0v) is 9.95. The van der Waals surface area contributed by atoms with Crippen molar-refractivity contribution in [1.29, 1.82) is 0 Å². The third kappa shape index (κ3) is 3.02. The molecular formula is C10H15NO4S. The molecule has 5 nitrogen and oxygen atoms in total. The van der Waals surface area contributed by atoms with Crippen LogP contribution >= 0.6 is 11.3 Å². The highest BCUT2D eigenvalue weighted by molar-refractivity contribution is 7.10. The second-order valence-corrected chi connectivity index (χ2v) is 4.24. The first-order valence-electron chi connectivity index (χ1n) is 4.77. The number of rotatable bonds is 5. The van der Waals surface area contributed by atoms with E-state index in [2.05, 4.69) is 10.1 Å². The van der Waals surface area contributed by atoms with Crippen molar-refractivity contribution >= 4 is 17.3 Å². The molecule has 0 amide bonds. The Bertz CT molecular complexity index is 352. The third-order valence-electron chi connectivity index (χ3n) is 2.11.